The second-order valence-electron chi connectivity index (χ2n) is 0.871. The maximum Gasteiger partial charge on any atom is 1.00 e. The summed E-state index contributed by atoms with van der Waals surface area (Å²) in [6, 6.07) is 0. The van der Waals surface area contributed by atoms with E-state index in [1.54, 1.807) is 0 Å². The zero-order chi connectivity index (χ0) is 5.21. The first-order valence-electron chi connectivity index (χ1n) is 1.51. The van der Waals surface area contributed by atoms with Crippen molar-refractivity contribution < 1.29 is 54.9 Å². The normalized spacial score (nSPS) is 8.75. The zero-order valence-corrected chi connectivity index (χ0v) is 8.33. The van der Waals surface area contributed by atoms with Crippen molar-refractivity contribution in [1.29, 1.82) is 0 Å². The van der Waals surface area contributed by atoms with Crippen LogP contribution in [0.15, 0.2) is 0 Å². The molecule has 0 radical (unpaired) electrons. The minimum absolute atomic E-state index is 0. The average Bonchev–Trinajstić information content (AvgIpc) is 1.35. The van der Waals surface area contributed by atoms with Crippen LogP contribution in [-0.2, 0) is 10.1 Å². The Morgan fingerprint density at radius 3 is 1.62 bits per heavy atom. The van der Waals surface area contributed by atoms with E-state index in [9.17, 15) is 8.42 Å². The topological polar surface area (TPSA) is 54.4 Å². The number of halogens is 1. The van der Waals surface area contributed by atoms with Gasteiger partial charge in [-0.05, 0) is 6.92 Å². The van der Waals surface area contributed by atoms with Gasteiger partial charge in [-0.15, -0.1) is 0 Å². The molecule has 0 heterocycles. The molecule has 0 aromatic heterocycles. The first-order chi connectivity index (χ1) is 2.56. The molecule has 46 valence electrons. The summed E-state index contributed by atoms with van der Waals surface area (Å²) in [7, 11) is -3.66. The Balaban J connectivity index is -0.000000125. The van der Waals surface area contributed by atoms with Gasteiger partial charge in [0.15, 0.2) is 0 Å². The molecule has 3 nitrogen and oxygen atoms in total. The van der Waals surface area contributed by atoms with Gasteiger partial charge in [0.2, 0.25) is 0 Å². The molecule has 6 heteroatoms. The molecule has 1 N–H and O–H groups in total. The minimum atomic E-state index is -3.66. The average molecular weight is 169 g/mol. The predicted molar refractivity (Wildman–Crippen MR) is 22.1 cm³/mol. The number of rotatable bonds is 1. The molecule has 0 aromatic carbocycles. The van der Waals surface area contributed by atoms with Crippen molar-refractivity contribution in [2.45, 2.75) is 6.92 Å². The minimum Gasteiger partial charge on any atom is -1.00 e. The molecule has 0 bridgehead atoms. The van der Waals surface area contributed by atoms with Gasteiger partial charge >= 0.3 is 29.6 Å². The smallest absolute Gasteiger partial charge is 1.00 e. The van der Waals surface area contributed by atoms with Crippen LogP contribution in [0.4, 0.5) is 0 Å². The molecule has 0 spiro atoms. The fourth-order valence-electron chi connectivity index (χ4n) is 0. The van der Waals surface area contributed by atoms with Crippen molar-refractivity contribution in [3.05, 3.63) is 0 Å². The molecule has 0 rings (SSSR count). The number of hydrogen-bond acceptors (Lipinski definition) is 2. The van der Waals surface area contributed by atoms with Crippen LogP contribution in [0.2, 0.25) is 0 Å². The summed E-state index contributed by atoms with van der Waals surface area (Å²) in [5, 5.41) is 0. The molecule has 0 aromatic rings. The van der Waals surface area contributed by atoms with Gasteiger partial charge in [-0.1, -0.05) is 0 Å². The van der Waals surface area contributed by atoms with Crippen molar-refractivity contribution in [2.75, 3.05) is 5.75 Å². The first kappa shape index (κ1) is 16.1. The van der Waals surface area contributed by atoms with Crippen LogP contribution in [0.5, 0.6) is 0 Å². The van der Waals surface area contributed by atoms with E-state index < -0.39 is 10.1 Å². The van der Waals surface area contributed by atoms with Crippen molar-refractivity contribution in [2.24, 2.45) is 0 Å². The maximum absolute atomic E-state index is 9.56. The van der Waals surface area contributed by atoms with Gasteiger partial charge in [0.05, 0.1) is 5.75 Å². The Labute approximate surface area is 77.3 Å². The largest absolute Gasteiger partial charge is 1.00 e. The molecule has 0 fully saturated rings. The molecule has 0 saturated heterocycles. The summed E-state index contributed by atoms with van der Waals surface area (Å²) in [5.74, 6) is -0.201. The third-order valence-corrected chi connectivity index (χ3v) is 1.09. The Kier molecular flexibility index (Phi) is 12.7. The van der Waals surface area contributed by atoms with Gasteiger partial charge in [-0.3, -0.25) is 4.55 Å². The summed E-state index contributed by atoms with van der Waals surface area (Å²) in [6.45, 7) is 1.37. The SMILES string of the molecule is CCS(=O)(=O)O.[Cl-].[Na+]. The predicted octanol–water partition coefficient (Wildman–Crippen LogP) is -6.10. The van der Waals surface area contributed by atoms with Crippen molar-refractivity contribution >= 4 is 10.1 Å². The number of hydrogen-bond donors (Lipinski definition) is 1. The van der Waals surface area contributed by atoms with Gasteiger partial charge in [0.25, 0.3) is 10.1 Å². The molecule has 0 aliphatic rings. The quantitative estimate of drug-likeness (QED) is 0.313. The van der Waals surface area contributed by atoms with Gasteiger partial charge in [-0.25, -0.2) is 0 Å². The molecular formula is C2H6ClNaO3S. The van der Waals surface area contributed by atoms with Gasteiger partial charge in [-0.2, -0.15) is 8.42 Å². The molecule has 0 aliphatic carbocycles. The summed E-state index contributed by atoms with van der Waals surface area (Å²) in [5.41, 5.74) is 0. The van der Waals surface area contributed by atoms with Crippen LogP contribution >= 0.6 is 0 Å². The molecule has 0 amide bonds. The van der Waals surface area contributed by atoms with Gasteiger partial charge in [0.1, 0.15) is 0 Å². The summed E-state index contributed by atoms with van der Waals surface area (Å²) >= 11 is 0. The van der Waals surface area contributed by atoms with Crippen molar-refractivity contribution in [3.8, 4) is 0 Å². The summed E-state index contributed by atoms with van der Waals surface area (Å²) < 4.78 is 26.9. The fraction of sp³-hybridized carbons (Fsp3) is 1.00. The zero-order valence-electron chi connectivity index (χ0n) is 4.76. The van der Waals surface area contributed by atoms with Gasteiger partial charge in [0, 0.05) is 0 Å². The van der Waals surface area contributed by atoms with Crippen LogP contribution in [0.25, 0.3) is 0 Å². The van der Waals surface area contributed by atoms with E-state index in [-0.39, 0.29) is 47.7 Å². The van der Waals surface area contributed by atoms with E-state index in [1.165, 1.54) is 6.92 Å². The van der Waals surface area contributed by atoms with Crippen LogP contribution in [0, 0.1) is 0 Å². The van der Waals surface area contributed by atoms with Crippen LogP contribution in [0.3, 0.4) is 0 Å². The Morgan fingerprint density at radius 1 is 1.50 bits per heavy atom. The van der Waals surface area contributed by atoms with E-state index >= 15 is 0 Å². The molecule has 0 unspecified atom stereocenters. The Bertz CT molecular complexity index is 119. The molecule has 0 aliphatic heterocycles. The summed E-state index contributed by atoms with van der Waals surface area (Å²) in [4.78, 5) is 0. The third-order valence-electron chi connectivity index (χ3n) is 0.365. The fourth-order valence-corrected chi connectivity index (χ4v) is 0. The van der Waals surface area contributed by atoms with Crippen molar-refractivity contribution in [1.82, 2.24) is 0 Å². The van der Waals surface area contributed by atoms with E-state index in [4.69, 9.17) is 4.55 Å². The molecule has 0 atom stereocenters. The van der Waals surface area contributed by atoms with E-state index in [0.29, 0.717) is 0 Å². The second kappa shape index (κ2) is 6.32. The first-order valence-corrected chi connectivity index (χ1v) is 3.12. The molecular weight excluding hydrogens is 163 g/mol. The third kappa shape index (κ3) is 15.7. The molecule has 0 saturated carbocycles. The Hall–Kier alpha value is 1.20. The second-order valence-corrected chi connectivity index (χ2v) is 2.61. The van der Waals surface area contributed by atoms with Crippen LogP contribution < -0.4 is 42.0 Å². The van der Waals surface area contributed by atoms with Crippen LogP contribution in [-0.4, -0.2) is 18.7 Å². The van der Waals surface area contributed by atoms with Crippen molar-refractivity contribution in [3.63, 3.8) is 0 Å². The summed E-state index contributed by atoms with van der Waals surface area (Å²) in [6.07, 6.45) is 0. The van der Waals surface area contributed by atoms with Gasteiger partial charge < -0.3 is 12.4 Å². The molecule has 8 heavy (non-hydrogen) atoms. The van der Waals surface area contributed by atoms with E-state index in [1.807, 2.05) is 0 Å². The Morgan fingerprint density at radius 2 is 1.62 bits per heavy atom. The monoisotopic (exact) mass is 168 g/mol. The van der Waals surface area contributed by atoms with E-state index in [0.717, 1.165) is 0 Å². The standard InChI is InChI=1S/C2H6O3S.ClH.Na/c1-2-6(3,4)5;;/h2H2,1H3,(H,3,4,5);1H;/q;;+1/p-1. The van der Waals surface area contributed by atoms with E-state index in [2.05, 4.69) is 0 Å². The maximum atomic E-state index is 9.56. The van der Waals surface area contributed by atoms with Crippen LogP contribution in [0.1, 0.15) is 6.92 Å².